The quantitative estimate of drug-likeness (QED) is 0.658. The number of carbonyl (C=O) groups is 1. The van der Waals surface area contributed by atoms with Crippen LogP contribution in [0.1, 0.15) is 43.5 Å². The van der Waals surface area contributed by atoms with Crippen LogP contribution < -0.4 is 5.73 Å². The third-order valence-electron chi connectivity index (χ3n) is 3.77. The van der Waals surface area contributed by atoms with Gasteiger partial charge in [0.2, 0.25) is 0 Å². The molecule has 2 N–H and O–H groups in total. The Balaban J connectivity index is 2.37. The average molecular weight is 278 g/mol. The largest absolute Gasteiger partial charge is 0.383 e. The highest BCUT2D eigenvalue weighted by molar-refractivity contribution is 5.99. The molecule has 7 nitrogen and oxygen atoms in total. The minimum Gasteiger partial charge on any atom is -0.383 e. The smallest absolute Gasteiger partial charge is 0.288 e. The third-order valence-corrected chi connectivity index (χ3v) is 3.77. The molecule has 0 saturated carbocycles. The van der Waals surface area contributed by atoms with Gasteiger partial charge in [0.25, 0.3) is 11.6 Å². The van der Waals surface area contributed by atoms with Crippen molar-refractivity contribution in [1.29, 1.82) is 0 Å². The summed E-state index contributed by atoms with van der Waals surface area (Å²) in [6, 6.07) is 1.41. The highest BCUT2D eigenvalue weighted by Gasteiger charge is 2.31. The Bertz CT molecular complexity index is 536. The van der Waals surface area contributed by atoms with E-state index in [-0.39, 0.29) is 35.1 Å². The van der Waals surface area contributed by atoms with E-state index in [1.54, 1.807) is 4.90 Å². The normalized spacial score (nSPS) is 22.6. The van der Waals surface area contributed by atoms with E-state index in [2.05, 4.69) is 4.98 Å². The summed E-state index contributed by atoms with van der Waals surface area (Å²) in [5.74, 6) is -0.246. The van der Waals surface area contributed by atoms with Crippen molar-refractivity contribution in [3.63, 3.8) is 0 Å². The van der Waals surface area contributed by atoms with Gasteiger partial charge in [0.15, 0.2) is 0 Å². The molecule has 0 aromatic carbocycles. The van der Waals surface area contributed by atoms with E-state index in [1.165, 1.54) is 6.07 Å². The van der Waals surface area contributed by atoms with Crippen LogP contribution in [0.25, 0.3) is 0 Å². The minimum atomic E-state index is -0.577. The summed E-state index contributed by atoms with van der Waals surface area (Å²) in [5, 5.41) is 10.8. The summed E-state index contributed by atoms with van der Waals surface area (Å²) in [4.78, 5) is 28.3. The topological polar surface area (TPSA) is 102 Å². The molecule has 1 fully saturated rings. The van der Waals surface area contributed by atoms with E-state index < -0.39 is 4.92 Å². The number of rotatable bonds is 2. The van der Waals surface area contributed by atoms with Crippen molar-refractivity contribution in [2.75, 3.05) is 5.73 Å². The van der Waals surface area contributed by atoms with E-state index in [4.69, 9.17) is 5.73 Å². The van der Waals surface area contributed by atoms with Gasteiger partial charge in [-0.25, -0.2) is 4.98 Å². The van der Waals surface area contributed by atoms with Crippen LogP contribution in [0.3, 0.4) is 0 Å². The first-order chi connectivity index (χ1) is 9.41. The van der Waals surface area contributed by atoms with Crippen LogP contribution in [0, 0.1) is 10.1 Å². The van der Waals surface area contributed by atoms with Crippen molar-refractivity contribution >= 4 is 17.4 Å². The number of hydrogen-bond acceptors (Lipinski definition) is 5. The van der Waals surface area contributed by atoms with Crippen molar-refractivity contribution in [2.24, 2.45) is 0 Å². The van der Waals surface area contributed by atoms with Gasteiger partial charge in [0.05, 0.1) is 10.5 Å². The lowest BCUT2D eigenvalue weighted by atomic mass is 9.96. The summed E-state index contributed by atoms with van der Waals surface area (Å²) < 4.78 is 0. The molecule has 108 valence electrons. The standard InChI is InChI=1S/C13H18N4O3/c1-8-4-3-5-9(2)16(8)13(18)11-6-10(17(19)20)7-15-12(11)14/h6-9H,3-5H2,1-2H3,(H2,14,15)/t8-,9+. The predicted molar refractivity (Wildman–Crippen MR) is 74.2 cm³/mol. The number of piperidine rings is 1. The number of nitrogen functional groups attached to an aromatic ring is 1. The molecule has 0 radical (unpaired) electrons. The molecule has 0 spiro atoms. The third kappa shape index (κ3) is 2.56. The molecule has 2 heterocycles. The van der Waals surface area contributed by atoms with Crippen molar-refractivity contribution in [1.82, 2.24) is 9.88 Å². The van der Waals surface area contributed by atoms with Crippen molar-refractivity contribution in [2.45, 2.75) is 45.2 Å². The van der Waals surface area contributed by atoms with Gasteiger partial charge in [-0.15, -0.1) is 0 Å². The molecule has 7 heteroatoms. The molecule has 1 amide bonds. The number of anilines is 1. The fourth-order valence-corrected chi connectivity index (χ4v) is 2.70. The van der Waals surface area contributed by atoms with Gasteiger partial charge in [-0.05, 0) is 33.1 Å². The molecule has 0 aliphatic carbocycles. The number of amides is 1. The average Bonchev–Trinajstić information content (AvgIpc) is 2.38. The monoisotopic (exact) mass is 278 g/mol. The van der Waals surface area contributed by atoms with Gasteiger partial charge >= 0.3 is 0 Å². The summed E-state index contributed by atoms with van der Waals surface area (Å²) in [5.41, 5.74) is 5.60. The molecular weight excluding hydrogens is 260 g/mol. The van der Waals surface area contributed by atoms with Gasteiger partial charge in [0.1, 0.15) is 12.0 Å². The molecule has 1 aliphatic rings. The van der Waals surface area contributed by atoms with Crippen molar-refractivity contribution < 1.29 is 9.72 Å². The number of pyridine rings is 1. The molecule has 1 aromatic rings. The van der Waals surface area contributed by atoms with Gasteiger partial charge in [-0.1, -0.05) is 0 Å². The van der Waals surface area contributed by atoms with E-state index in [0.29, 0.717) is 0 Å². The van der Waals surface area contributed by atoms with Gasteiger partial charge in [-0.3, -0.25) is 14.9 Å². The first-order valence-corrected chi connectivity index (χ1v) is 6.64. The Kier molecular flexibility index (Phi) is 3.87. The number of hydrogen-bond donors (Lipinski definition) is 1. The number of nitrogens with two attached hydrogens (primary N) is 1. The molecule has 1 aromatic heterocycles. The maximum atomic E-state index is 12.6. The zero-order valence-electron chi connectivity index (χ0n) is 11.6. The van der Waals surface area contributed by atoms with Crippen LogP contribution in [0.5, 0.6) is 0 Å². The zero-order valence-corrected chi connectivity index (χ0v) is 11.6. The second-order valence-corrected chi connectivity index (χ2v) is 5.22. The lowest BCUT2D eigenvalue weighted by Gasteiger charge is -2.39. The maximum absolute atomic E-state index is 12.6. The minimum absolute atomic E-state index is 0.0329. The second kappa shape index (κ2) is 5.44. The fourth-order valence-electron chi connectivity index (χ4n) is 2.70. The Hall–Kier alpha value is -2.18. The summed E-state index contributed by atoms with van der Waals surface area (Å²) in [6.07, 6.45) is 4.00. The van der Waals surface area contributed by atoms with Crippen LogP contribution in [0.15, 0.2) is 12.3 Å². The SMILES string of the molecule is C[C@@H]1CCC[C@H](C)N1C(=O)c1cc([N+](=O)[O-])cnc1N. The van der Waals surface area contributed by atoms with E-state index in [9.17, 15) is 14.9 Å². The molecule has 2 atom stereocenters. The summed E-state index contributed by atoms with van der Waals surface area (Å²) in [6.45, 7) is 3.96. The van der Waals surface area contributed by atoms with E-state index in [1.807, 2.05) is 13.8 Å². The van der Waals surface area contributed by atoms with Crippen LogP contribution in [-0.4, -0.2) is 32.8 Å². The number of aromatic nitrogens is 1. The number of nitro groups is 1. The van der Waals surface area contributed by atoms with Crippen molar-refractivity contribution in [3.05, 3.63) is 27.9 Å². The summed E-state index contributed by atoms with van der Waals surface area (Å²) in [7, 11) is 0. The molecule has 2 rings (SSSR count). The Morgan fingerprint density at radius 3 is 2.60 bits per heavy atom. The lowest BCUT2D eigenvalue weighted by molar-refractivity contribution is -0.385. The molecule has 20 heavy (non-hydrogen) atoms. The molecule has 0 unspecified atom stereocenters. The van der Waals surface area contributed by atoms with Gasteiger partial charge in [-0.2, -0.15) is 0 Å². The zero-order chi connectivity index (χ0) is 14.9. The Morgan fingerprint density at radius 1 is 1.45 bits per heavy atom. The second-order valence-electron chi connectivity index (χ2n) is 5.22. The molecule has 1 aliphatic heterocycles. The lowest BCUT2D eigenvalue weighted by Crippen LogP contribution is -2.47. The highest BCUT2D eigenvalue weighted by atomic mass is 16.6. The van der Waals surface area contributed by atoms with Crippen LogP contribution >= 0.6 is 0 Å². The van der Waals surface area contributed by atoms with Crippen LogP contribution in [0.4, 0.5) is 11.5 Å². The highest BCUT2D eigenvalue weighted by Crippen LogP contribution is 2.27. The van der Waals surface area contributed by atoms with E-state index >= 15 is 0 Å². The number of likely N-dealkylation sites (tertiary alicyclic amines) is 1. The molecular formula is C13H18N4O3. The number of carbonyl (C=O) groups excluding carboxylic acids is 1. The first-order valence-electron chi connectivity index (χ1n) is 6.64. The van der Waals surface area contributed by atoms with E-state index in [0.717, 1.165) is 25.5 Å². The summed E-state index contributed by atoms with van der Waals surface area (Å²) >= 11 is 0. The van der Waals surface area contributed by atoms with Crippen LogP contribution in [-0.2, 0) is 0 Å². The van der Waals surface area contributed by atoms with Crippen molar-refractivity contribution in [3.8, 4) is 0 Å². The first kappa shape index (κ1) is 14.2. The van der Waals surface area contributed by atoms with Crippen LogP contribution in [0.2, 0.25) is 0 Å². The molecule has 0 bridgehead atoms. The maximum Gasteiger partial charge on any atom is 0.288 e. The molecule has 1 saturated heterocycles. The Labute approximate surface area is 116 Å². The Morgan fingerprint density at radius 2 is 2.05 bits per heavy atom. The fraction of sp³-hybridized carbons (Fsp3) is 0.538. The predicted octanol–water partition coefficient (Wildman–Crippen LogP) is 1.98. The van der Waals surface area contributed by atoms with Gasteiger partial charge < -0.3 is 10.6 Å². The van der Waals surface area contributed by atoms with Gasteiger partial charge in [0, 0.05) is 18.2 Å². The number of nitrogens with zero attached hydrogens (tertiary/aromatic N) is 3.